The Morgan fingerprint density at radius 2 is 1.87 bits per heavy atom. The summed E-state index contributed by atoms with van der Waals surface area (Å²) in [5, 5.41) is 4.05. The van der Waals surface area contributed by atoms with Crippen molar-refractivity contribution in [1.29, 1.82) is 0 Å². The van der Waals surface area contributed by atoms with Gasteiger partial charge in [-0.1, -0.05) is 12.1 Å². The van der Waals surface area contributed by atoms with E-state index in [4.69, 9.17) is 0 Å². The summed E-state index contributed by atoms with van der Waals surface area (Å²) < 4.78 is 29.2. The third-order valence-electron chi connectivity index (χ3n) is 5.10. The molecule has 3 heterocycles. The normalized spacial score (nSPS) is 12.4. The van der Waals surface area contributed by atoms with Gasteiger partial charge in [-0.3, -0.25) is 9.36 Å². The maximum absolute atomic E-state index is 14.0. The Hall–Kier alpha value is -4.14. The average molecular weight is 418 g/mol. The number of halogens is 2. The zero-order chi connectivity index (χ0) is 21.5. The van der Waals surface area contributed by atoms with Gasteiger partial charge in [0.1, 0.15) is 23.5 Å². The molecular formula is C22H16F2N6O. The van der Waals surface area contributed by atoms with Crippen LogP contribution < -0.4 is 10.9 Å². The third-order valence-corrected chi connectivity index (χ3v) is 5.10. The Labute approximate surface area is 174 Å². The van der Waals surface area contributed by atoms with Crippen molar-refractivity contribution in [1.82, 2.24) is 24.5 Å². The lowest BCUT2D eigenvalue weighted by Crippen LogP contribution is -2.26. The minimum Gasteiger partial charge on any atom is -0.360 e. The van der Waals surface area contributed by atoms with Crippen LogP contribution in [0.3, 0.4) is 0 Å². The Morgan fingerprint density at radius 3 is 2.71 bits per heavy atom. The fourth-order valence-corrected chi connectivity index (χ4v) is 3.65. The largest absolute Gasteiger partial charge is 0.360 e. The molecule has 0 saturated heterocycles. The molecule has 5 aromatic rings. The SMILES string of the molecule is C[C@@H](Nc1ncnc2nc[nH]c12)c1cc2ccc(F)cc2c(=O)n1-c1cccc(F)c1. The summed E-state index contributed by atoms with van der Waals surface area (Å²) in [7, 11) is 0. The molecule has 0 saturated carbocycles. The van der Waals surface area contributed by atoms with Gasteiger partial charge in [-0.25, -0.2) is 23.7 Å². The van der Waals surface area contributed by atoms with Gasteiger partial charge in [0, 0.05) is 5.69 Å². The van der Waals surface area contributed by atoms with Crippen LogP contribution in [0.1, 0.15) is 18.7 Å². The first kappa shape index (κ1) is 18.9. The minimum atomic E-state index is -0.517. The molecule has 7 nitrogen and oxygen atoms in total. The van der Waals surface area contributed by atoms with E-state index in [9.17, 15) is 13.6 Å². The quantitative estimate of drug-likeness (QED) is 0.459. The van der Waals surface area contributed by atoms with Crippen molar-refractivity contribution >= 4 is 27.8 Å². The van der Waals surface area contributed by atoms with E-state index in [0.29, 0.717) is 33.7 Å². The lowest BCUT2D eigenvalue weighted by molar-refractivity contribution is 0.625. The summed E-state index contributed by atoms with van der Waals surface area (Å²) >= 11 is 0. The van der Waals surface area contributed by atoms with Gasteiger partial charge in [0.05, 0.1) is 23.4 Å². The monoisotopic (exact) mass is 418 g/mol. The van der Waals surface area contributed by atoms with Crippen LogP contribution in [0.15, 0.2) is 66.0 Å². The van der Waals surface area contributed by atoms with Crippen LogP contribution in [-0.4, -0.2) is 24.5 Å². The van der Waals surface area contributed by atoms with Crippen LogP contribution in [0.5, 0.6) is 0 Å². The number of imidazole rings is 1. The van der Waals surface area contributed by atoms with Crippen molar-refractivity contribution in [2.75, 3.05) is 5.32 Å². The van der Waals surface area contributed by atoms with E-state index in [0.717, 1.165) is 0 Å². The standard InChI is InChI=1S/C22H16F2N6O/c1-12(29-21-19-20(26-10-25-19)27-11-28-21)18-7-13-5-6-15(24)9-17(13)22(31)30(18)16-4-2-3-14(23)8-16/h2-12H,1H3,(H2,25,26,27,28,29)/t12-/m1/s1. The second-order valence-electron chi connectivity index (χ2n) is 7.11. The highest BCUT2D eigenvalue weighted by atomic mass is 19.1. The van der Waals surface area contributed by atoms with E-state index in [1.807, 2.05) is 6.92 Å². The van der Waals surface area contributed by atoms with E-state index in [1.165, 1.54) is 47.6 Å². The van der Waals surface area contributed by atoms with E-state index in [-0.39, 0.29) is 5.39 Å². The summed E-state index contributed by atoms with van der Waals surface area (Å²) in [5.74, 6) is -0.491. The topological polar surface area (TPSA) is 88.5 Å². The molecule has 0 aliphatic rings. The van der Waals surface area contributed by atoms with Gasteiger partial charge in [-0.05, 0) is 48.7 Å². The first-order valence-corrected chi connectivity index (χ1v) is 9.53. The summed E-state index contributed by atoms with van der Waals surface area (Å²) in [4.78, 5) is 28.8. The lowest BCUT2D eigenvalue weighted by Gasteiger charge is -2.21. The van der Waals surface area contributed by atoms with E-state index in [1.54, 1.807) is 18.2 Å². The summed E-state index contributed by atoms with van der Waals surface area (Å²) in [5.41, 5.74) is 1.58. The Kier molecular flexibility index (Phi) is 4.43. The second-order valence-corrected chi connectivity index (χ2v) is 7.11. The Balaban J connectivity index is 1.71. The van der Waals surface area contributed by atoms with Crippen LogP contribution in [0.4, 0.5) is 14.6 Å². The predicted octanol–water partition coefficient (Wildman–Crippen LogP) is 4.11. The summed E-state index contributed by atoms with van der Waals surface area (Å²) in [6, 6.07) is 11.1. The molecular weight excluding hydrogens is 402 g/mol. The van der Waals surface area contributed by atoms with Crippen LogP contribution in [0.2, 0.25) is 0 Å². The first-order chi connectivity index (χ1) is 15.0. The molecule has 0 bridgehead atoms. The second kappa shape index (κ2) is 7.28. The molecule has 2 aromatic carbocycles. The van der Waals surface area contributed by atoms with E-state index >= 15 is 0 Å². The molecule has 0 aliphatic heterocycles. The van der Waals surface area contributed by atoms with Gasteiger partial charge >= 0.3 is 0 Å². The molecule has 154 valence electrons. The predicted molar refractivity (Wildman–Crippen MR) is 113 cm³/mol. The lowest BCUT2D eigenvalue weighted by atomic mass is 10.1. The molecule has 0 amide bonds. The molecule has 0 unspecified atom stereocenters. The molecule has 0 radical (unpaired) electrons. The maximum Gasteiger partial charge on any atom is 0.263 e. The minimum absolute atomic E-state index is 0.207. The number of pyridine rings is 1. The molecule has 31 heavy (non-hydrogen) atoms. The van der Waals surface area contributed by atoms with Gasteiger partial charge < -0.3 is 10.3 Å². The highest BCUT2D eigenvalue weighted by Gasteiger charge is 2.19. The number of nitrogens with zero attached hydrogens (tertiary/aromatic N) is 4. The molecule has 5 rings (SSSR count). The number of rotatable bonds is 4. The van der Waals surface area contributed by atoms with Gasteiger partial charge in [0.15, 0.2) is 11.5 Å². The van der Waals surface area contributed by atoms with Gasteiger partial charge in [0.25, 0.3) is 5.56 Å². The molecule has 3 aromatic heterocycles. The number of aromatic amines is 1. The molecule has 9 heteroatoms. The number of benzene rings is 2. The van der Waals surface area contributed by atoms with Crippen molar-refractivity contribution in [3.63, 3.8) is 0 Å². The number of nitrogens with one attached hydrogen (secondary N) is 2. The van der Waals surface area contributed by atoms with Crippen molar-refractivity contribution < 1.29 is 8.78 Å². The molecule has 0 fully saturated rings. The summed E-state index contributed by atoms with van der Waals surface area (Å²) in [6.07, 6.45) is 2.91. The summed E-state index contributed by atoms with van der Waals surface area (Å²) in [6.45, 7) is 1.85. The van der Waals surface area contributed by atoms with Crippen LogP contribution >= 0.6 is 0 Å². The number of anilines is 1. The maximum atomic E-state index is 14.0. The first-order valence-electron chi connectivity index (χ1n) is 9.53. The zero-order valence-corrected chi connectivity index (χ0v) is 16.3. The van der Waals surface area contributed by atoms with Crippen molar-refractivity contribution in [3.05, 3.63) is 88.9 Å². The fraction of sp³-hybridized carbons (Fsp3) is 0.0909. The third kappa shape index (κ3) is 3.29. The highest BCUT2D eigenvalue weighted by molar-refractivity contribution is 5.84. The Morgan fingerprint density at radius 1 is 1.03 bits per heavy atom. The van der Waals surface area contributed by atoms with Gasteiger partial charge in [-0.2, -0.15) is 0 Å². The van der Waals surface area contributed by atoms with Crippen LogP contribution in [-0.2, 0) is 0 Å². The molecule has 0 spiro atoms. The van der Waals surface area contributed by atoms with Crippen molar-refractivity contribution in [2.45, 2.75) is 13.0 Å². The van der Waals surface area contributed by atoms with Gasteiger partial charge in [0.2, 0.25) is 0 Å². The average Bonchev–Trinajstić information content (AvgIpc) is 3.24. The highest BCUT2D eigenvalue weighted by Crippen LogP contribution is 2.26. The Bertz CT molecular complexity index is 1490. The number of H-pyrrole nitrogens is 1. The fourth-order valence-electron chi connectivity index (χ4n) is 3.65. The molecule has 0 aliphatic carbocycles. The van der Waals surface area contributed by atoms with Crippen molar-refractivity contribution in [2.24, 2.45) is 0 Å². The van der Waals surface area contributed by atoms with E-state index in [2.05, 4.69) is 25.3 Å². The van der Waals surface area contributed by atoms with Gasteiger partial charge in [-0.15, -0.1) is 0 Å². The van der Waals surface area contributed by atoms with Crippen LogP contribution in [0.25, 0.3) is 27.6 Å². The number of aromatic nitrogens is 5. The van der Waals surface area contributed by atoms with Crippen LogP contribution in [0, 0.1) is 11.6 Å². The number of hydrogen-bond donors (Lipinski definition) is 2. The number of fused-ring (bicyclic) bond motifs is 2. The van der Waals surface area contributed by atoms with E-state index < -0.39 is 23.2 Å². The molecule has 1 atom stereocenters. The number of hydrogen-bond acceptors (Lipinski definition) is 5. The van der Waals surface area contributed by atoms with Crippen molar-refractivity contribution in [3.8, 4) is 5.69 Å². The molecule has 2 N–H and O–H groups in total. The zero-order valence-electron chi connectivity index (χ0n) is 16.3. The smallest absolute Gasteiger partial charge is 0.263 e.